The Hall–Kier alpha value is -1.77. The number of methoxy groups -OCH3 is 1. The normalized spacial score (nSPS) is 16.9. The van der Waals surface area contributed by atoms with Crippen LogP contribution < -0.4 is 10.1 Å². The molecule has 0 spiro atoms. The van der Waals surface area contributed by atoms with Gasteiger partial charge in [-0.15, -0.1) is 0 Å². The van der Waals surface area contributed by atoms with Crippen LogP contribution in [0.1, 0.15) is 13.8 Å². The molecule has 1 aromatic carbocycles. The molecule has 6 nitrogen and oxygen atoms in total. The molecule has 2 rings (SSSR count). The number of nitrogens with one attached hydrogen (secondary N) is 1. The van der Waals surface area contributed by atoms with Gasteiger partial charge >= 0.3 is 11.9 Å². The van der Waals surface area contributed by atoms with Crippen molar-refractivity contribution in [1.82, 2.24) is 0 Å². The number of halogens is 1. The first kappa shape index (κ1) is 15.6. The smallest absolute Gasteiger partial charge is 0.350 e. The number of hydrogen-bond donors (Lipinski definition) is 1. The van der Waals surface area contributed by atoms with Crippen molar-refractivity contribution < 1.29 is 23.8 Å². The van der Waals surface area contributed by atoms with Crippen LogP contribution in [0, 0.1) is 3.57 Å². The van der Waals surface area contributed by atoms with Gasteiger partial charge in [0, 0.05) is 25.7 Å². The first-order chi connectivity index (χ1) is 9.82. The molecule has 0 radical (unpaired) electrons. The monoisotopic (exact) mass is 403 g/mol. The summed E-state index contributed by atoms with van der Waals surface area (Å²) >= 11 is 2.12. The molecule has 0 bridgehead atoms. The van der Waals surface area contributed by atoms with Gasteiger partial charge in [0.2, 0.25) is 0 Å². The quantitative estimate of drug-likeness (QED) is 0.362. The number of benzene rings is 1. The number of hydrogen-bond acceptors (Lipinski definition) is 6. The van der Waals surface area contributed by atoms with Gasteiger partial charge in [-0.25, -0.2) is 9.59 Å². The minimum atomic E-state index is -1.24. The van der Waals surface area contributed by atoms with Gasteiger partial charge in [-0.05, 0) is 40.8 Å². The number of carbonyl (C=O) groups excluding carboxylic acids is 2. The van der Waals surface area contributed by atoms with Crippen molar-refractivity contribution in [2.45, 2.75) is 19.6 Å². The largest absolute Gasteiger partial charge is 0.496 e. The van der Waals surface area contributed by atoms with Crippen LogP contribution in [0.15, 0.2) is 30.0 Å². The molecule has 0 amide bonds. The van der Waals surface area contributed by atoms with Crippen molar-refractivity contribution in [3.8, 4) is 5.75 Å². The zero-order chi connectivity index (χ0) is 15.6. The van der Waals surface area contributed by atoms with Crippen LogP contribution in [0.3, 0.4) is 0 Å². The van der Waals surface area contributed by atoms with Crippen molar-refractivity contribution in [2.24, 2.45) is 0 Å². The predicted molar refractivity (Wildman–Crippen MR) is 83.7 cm³/mol. The van der Waals surface area contributed by atoms with Crippen LogP contribution >= 0.6 is 22.6 Å². The Morgan fingerprint density at radius 2 is 1.86 bits per heavy atom. The summed E-state index contributed by atoms with van der Waals surface area (Å²) < 4.78 is 16.0. The van der Waals surface area contributed by atoms with Crippen LogP contribution in [0.5, 0.6) is 5.75 Å². The summed E-state index contributed by atoms with van der Waals surface area (Å²) in [6.07, 6.45) is 1.28. The van der Waals surface area contributed by atoms with Crippen LogP contribution in [0.25, 0.3) is 0 Å². The Balaban J connectivity index is 2.16. The second-order valence-electron chi connectivity index (χ2n) is 4.73. The first-order valence-corrected chi connectivity index (χ1v) is 7.17. The van der Waals surface area contributed by atoms with Gasteiger partial charge in [-0.2, -0.15) is 0 Å². The molecule has 1 heterocycles. The van der Waals surface area contributed by atoms with Gasteiger partial charge in [0.25, 0.3) is 5.79 Å². The zero-order valence-corrected chi connectivity index (χ0v) is 13.9. The Morgan fingerprint density at radius 3 is 2.38 bits per heavy atom. The van der Waals surface area contributed by atoms with Crippen LogP contribution in [0.2, 0.25) is 0 Å². The molecule has 21 heavy (non-hydrogen) atoms. The molecule has 0 aliphatic carbocycles. The Bertz CT molecular complexity index is 602. The number of rotatable bonds is 3. The second kappa shape index (κ2) is 5.92. The number of carbonyl (C=O) groups is 2. The molecule has 1 aliphatic heterocycles. The fourth-order valence-electron chi connectivity index (χ4n) is 1.69. The standard InChI is InChI=1S/C14H14INO5/c1-14(2)20-12(17)9(13(18)21-14)7-16-8-4-5-11(19-3)10(15)6-8/h4-7,16H,1-3H3. The lowest BCUT2D eigenvalue weighted by Crippen LogP contribution is -2.42. The maximum absolute atomic E-state index is 11.8. The van der Waals surface area contributed by atoms with E-state index in [0.717, 1.165) is 9.32 Å². The molecule has 7 heteroatoms. The van der Waals surface area contributed by atoms with Gasteiger partial charge in [0.15, 0.2) is 5.57 Å². The van der Waals surface area contributed by atoms with Crippen LogP contribution in [0.4, 0.5) is 5.69 Å². The van der Waals surface area contributed by atoms with Gasteiger partial charge in [0.1, 0.15) is 5.75 Å². The average molecular weight is 403 g/mol. The van der Waals surface area contributed by atoms with E-state index in [2.05, 4.69) is 27.9 Å². The SMILES string of the molecule is COc1ccc(NC=C2C(=O)OC(C)(C)OC2=O)cc1I. The molecule has 112 valence electrons. The van der Waals surface area contributed by atoms with Crippen molar-refractivity contribution in [2.75, 3.05) is 12.4 Å². The summed E-state index contributed by atoms with van der Waals surface area (Å²) in [6.45, 7) is 3.00. The fourth-order valence-corrected chi connectivity index (χ4v) is 2.43. The summed E-state index contributed by atoms with van der Waals surface area (Å²) in [6, 6.07) is 5.37. The van der Waals surface area contributed by atoms with Gasteiger partial charge < -0.3 is 19.5 Å². The molecule has 1 N–H and O–H groups in total. The van der Waals surface area contributed by atoms with E-state index in [4.69, 9.17) is 14.2 Å². The maximum Gasteiger partial charge on any atom is 0.350 e. The number of ether oxygens (including phenoxy) is 3. The van der Waals surface area contributed by atoms with E-state index < -0.39 is 17.7 Å². The van der Waals surface area contributed by atoms with E-state index in [9.17, 15) is 9.59 Å². The fraction of sp³-hybridized carbons (Fsp3) is 0.286. The molecule has 1 fully saturated rings. The summed E-state index contributed by atoms with van der Waals surface area (Å²) in [5.74, 6) is -1.92. The van der Waals surface area contributed by atoms with Crippen LogP contribution in [-0.4, -0.2) is 24.8 Å². The Morgan fingerprint density at radius 1 is 1.24 bits per heavy atom. The van der Waals surface area contributed by atoms with E-state index in [1.54, 1.807) is 19.2 Å². The molecule has 0 aromatic heterocycles. The Labute approximate surface area is 135 Å². The lowest BCUT2D eigenvalue weighted by molar-refractivity contribution is -0.222. The molecule has 0 saturated carbocycles. The van der Waals surface area contributed by atoms with Crippen molar-refractivity contribution >= 4 is 40.2 Å². The van der Waals surface area contributed by atoms with Crippen LogP contribution in [-0.2, 0) is 19.1 Å². The topological polar surface area (TPSA) is 73.9 Å². The van der Waals surface area contributed by atoms with E-state index in [0.29, 0.717) is 5.69 Å². The lowest BCUT2D eigenvalue weighted by Gasteiger charge is -2.29. The molecule has 0 atom stereocenters. The summed E-state index contributed by atoms with van der Waals surface area (Å²) in [5.41, 5.74) is 0.526. The van der Waals surface area contributed by atoms with Crippen molar-refractivity contribution in [3.05, 3.63) is 33.5 Å². The second-order valence-corrected chi connectivity index (χ2v) is 5.89. The van der Waals surface area contributed by atoms with E-state index in [1.807, 2.05) is 6.07 Å². The van der Waals surface area contributed by atoms with Crippen molar-refractivity contribution in [3.63, 3.8) is 0 Å². The Kier molecular flexibility index (Phi) is 4.40. The number of anilines is 1. The summed E-state index contributed by atoms with van der Waals surface area (Å²) in [5, 5.41) is 2.87. The van der Waals surface area contributed by atoms with Gasteiger partial charge in [0.05, 0.1) is 10.7 Å². The highest BCUT2D eigenvalue weighted by atomic mass is 127. The van der Waals surface area contributed by atoms with E-state index in [-0.39, 0.29) is 5.57 Å². The third kappa shape index (κ3) is 3.66. The van der Waals surface area contributed by atoms with Gasteiger partial charge in [-0.1, -0.05) is 0 Å². The average Bonchev–Trinajstić information content (AvgIpc) is 2.36. The maximum atomic E-state index is 11.8. The third-order valence-corrected chi connectivity index (χ3v) is 3.49. The predicted octanol–water partition coefficient (Wildman–Crippen LogP) is 2.43. The lowest BCUT2D eigenvalue weighted by atomic mass is 10.2. The van der Waals surface area contributed by atoms with E-state index >= 15 is 0 Å². The van der Waals surface area contributed by atoms with E-state index in [1.165, 1.54) is 20.0 Å². The highest BCUT2D eigenvalue weighted by Crippen LogP contribution is 2.25. The summed E-state index contributed by atoms with van der Waals surface area (Å²) in [7, 11) is 1.59. The number of cyclic esters (lactones) is 2. The molecule has 1 saturated heterocycles. The highest BCUT2D eigenvalue weighted by Gasteiger charge is 2.38. The molecule has 1 aliphatic rings. The first-order valence-electron chi connectivity index (χ1n) is 6.09. The zero-order valence-electron chi connectivity index (χ0n) is 11.7. The highest BCUT2D eigenvalue weighted by molar-refractivity contribution is 14.1. The summed E-state index contributed by atoms with van der Waals surface area (Å²) in [4.78, 5) is 23.5. The third-order valence-electron chi connectivity index (χ3n) is 2.65. The minimum Gasteiger partial charge on any atom is -0.496 e. The molecular formula is C14H14INO5. The minimum absolute atomic E-state index is 0.180. The molecule has 1 aromatic rings. The molecule has 0 unspecified atom stereocenters. The molecular weight excluding hydrogens is 389 g/mol. The number of esters is 2. The van der Waals surface area contributed by atoms with Gasteiger partial charge in [-0.3, -0.25) is 0 Å². The van der Waals surface area contributed by atoms with Crippen molar-refractivity contribution in [1.29, 1.82) is 0 Å².